The molecule has 140 valence electrons. The van der Waals surface area contributed by atoms with Crippen LogP contribution in [0.4, 0.5) is 5.69 Å². The summed E-state index contributed by atoms with van der Waals surface area (Å²) in [6.07, 6.45) is 2.00. The third-order valence-electron chi connectivity index (χ3n) is 5.00. The zero-order valence-corrected chi connectivity index (χ0v) is 16.6. The highest BCUT2D eigenvalue weighted by atomic mass is 32.1. The van der Waals surface area contributed by atoms with E-state index in [1.807, 2.05) is 6.07 Å². The molecule has 26 heavy (non-hydrogen) atoms. The van der Waals surface area contributed by atoms with E-state index in [9.17, 15) is 4.79 Å². The number of nitrogens with one attached hydrogen (secondary N) is 1. The van der Waals surface area contributed by atoms with E-state index in [1.54, 1.807) is 11.3 Å². The van der Waals surface area contributed by atoms with Crippen LogP contribution in [0.5, 0.6) is 0 Å². The molecule has 1 N–H and O–H groups in total. The quantitative estimate of drug-likeness (QED) is 0.756. The van der Waals surface area contributed by atoms with Gasteiger partial charge in [-0.05, 0) is 50.1 Å². The van der Waals surface area contributed by atoms with E-state index in [-0.39, 0.29) is 5.91 Å². The van der Waals surface area contributed by atoms with Crippen molar-refractivity contribution in [3.63, 3.8) is 0 Å². The van der Waals surface area contributed by atoms with Gasteiger partial charge < -0.3 is 10.2 Å². The summed E-state index contributed by atoms with van der Waals surface area (Å²) in [5.74, 6) is 0.0756. The molecule has 1 aliphatic rings. The Hall–Kier alpha value is -1.85. The van der Waals surface area contributed by atoms with Gasteiger partial charge >= 0.3 is 0 Å². The van der Waals surface area contributed by atoms with Gasteiger partial charge in [-0.1, -0.05) is 25.1 Å². The van der Waals surface area contributed by atoms with E-state index in [1.165, 1.54) is 16.1 Å². The number of thiophene rings is 1. The molecule has 1 aromatic carbocycles. The van der Waals surface area contributed by atoms with Crippen LogP contribution in [0.15, 0.2) is 36.4 Å². The van der Waals surface area contributed by atoms with E-state index < -0.39 is 0 Å². The SMILES string of the molecule is CCc1sc(C(=O)NCCCN2CCN(c3ccccc3)CC2)cc1C. The van der Waals surface area contributed by atoms with Crippen molar-refractivity contribution in [2.75, 3.05) is 44.2 Å². The number of benzene rings is 1. The molecule has 0 radical (unpaired) electrons. The summed E-state index contributed by atoms with van der Waals surface area (Å²) in [6, 6.07) is 12.6. The minimum absolute atomic E-state index is 0.0756. The lowest BCUT2D eigenvalue weighted by Gasteiger charge is -2.36. The minimum atomic E-state index is 0.0756. The molecule has 1 aliphatic heterocycles. The summed E-state index contributed by atoms with van der Waals surface area (Å²) in [6.45, 7) is 10.3. The second kappa shape index (κ2) is 9.19. The fourth-order valence-electron chi connectivity index (χ4n) is 3.44. The molecule has 2 aromatic rings. The normalized spacial score (nSPS) is 15.2. The maximum absolute atomic E-state index is 12.3. The molecular formula is C21H29N3OS. The van der Waals surface area contributed by atoms with Gasteiger partial charge in [0.2, 0.25) is 0 Å². The Morgan fingerprint density at radius 3 is 2.54 bits per heavy atom. The molecule has 0 atom stereocenters. The second-order valence-corrected chi connectivity index (χ2v) is 7.98. The van der Waals surface area contributed by atoms with Crippen molar-refractivity contribution in [2.24, 2.45) is 0 Å². The van der Waals surface area contributed by atoms with E-state index >= 15 is 0 Å². The molecule has 0 spiro atoms. The highest BCUT2D eigenvalue weighted by Crippen LogP contribution is 2.22. The Bertz CT molecular complexity index is 705. The summed E-state index contributed by atoms with van der Waals surface area (Å²) in [5, 5.41) is 3.07. The van der Waals surface area contributed by atoms with Crippen LogP contribution in [0.3, 0.4) is 0 Å². The molecule has 3 rings (SSSR count). The topological polar surface area (TPSA) is 35.6 Å². The monoisotopic (exact) mass is 371 g/mol. The lowest BCUT2D eigenvalue weighted by Crippen LogP contribution is -2.47. The first-order valence-electron chi connectivity index (χ1n) is 9.57. The smallest absolute Gasteiger partial charge is 0.261 e. The Morgan fingerprint density at radius 1 is 1.15 bits per heavy atom. The van der Waals surface area contributed by atoms with Gasteiger partial charge in [-0.2, -0.15) is 0 Å². The van der Waals surface area contributed by atoms with Crippen LogP contribution in [0.25, 0.3) is 0 Å². The Kier molecular flexibility index (Phi) is 6.69. The van der Waals surface area contributed by atoms with Gasteiger partial charge in [0.15, 0.2) is 0 Å². The minimum Gasteiger partial charge on any atom is -0.369 e. The standard InChI is InChI=1S/C21H29N3OS/c1-3-19-17(2)16-20(26-19)21(25)22-10-7-11-23-12-14-24(15-13-23)18-8-5-4-6-9-18/h4-6,8-9,16H,3,7,10-15H2,1-2H3,(H,22,25). The van der Waals surface area contributed by atoms with Gasteiger partial charge in [-0.15, -0.1) is 11.3 Å². The number of aryl methyl sites for hydroxylation is 2. The van der Waals surface area contributed by atoms with E-state index in [2.05, 4.69) is 59.3 Å². The summed E-state index contributed by atoms with van der Waals surface area (Å²) in [5.41, 5.74) is 2.55. The number of piperazine rings is 1. The Morgan fingerprint density at radius 2 is 1.88 bits per heavy atom. The van der Waals surface area contributed by atoms with Gasteiger partial charge in [0.1, 0.15) is 0 Å². The highest BCUT2D eigenvalue weighted by molar-refractivity contribution is 7.14. The zero-order chi connectivity index (χ0) is 18.4. The fraction of sp³-hybridized carbons (Fsp3) is 0.476. The molecule has 5 heteroatoms. The van der Waals surface area contributed by atoms with Crippen LogP contribution >= 0.6 is 11.3 Å². The summed E-state index contributed by atoms with van der Waals surface area (Å²) in [7, 11) is 0. The number of amides is 1. The number of rotatable bonds is 7. The Labute approximate surface area is 160 Å². The van der Waals surface area contributed by atoms with Gasteiger partial charge in [-0.3, -0.25) is 9.69 Å². The van der Waals surface area contributed by atoms with Crippen LogP contribution in [-0.2, 0) is 6.42 Å². The van der Waals surface area contributed by atoms with Crippen LogP contribution in [0, 0.1) is 6.92 Å². The van der Waals surface area contributed by atoms with Crippen molar-refractivity contribution < 1.29 is 4.79 Å². The van der Waals surface area contributed by atoms with Gasteiger partial charge in [0, 0.05) is 43.3 Å². The lowest BCUT2D eigenvalue weighted by molar-refractivity contribution is 0.0955. The molecule has 1 saturated heterocycles. The predicted molar refractivity (Wildman–Crippen MR) is 110 cm³/mol. The van der Waals surface area contributed by atoms with Crippen molar-refractivity contribution in [2.45, 2.75) is 26.7 Å². The number of anilines is 1. The fourth-order valence-corrected chi connectivity index (χ4v) is 4.47. The third-order valence-corrected chi connectivity index (χ3v) is 6.38. The number of hydrogen-bond donors (Lipinski definition) is 1. The molecule has 1 aromatic heterocycles. The Balaban J connectivity index is 1.35. The molecule has 4 nitrogen and oxygen atoms in total. The maximum Gasteiger partial charge on any atom is 0.261 e. The van der Waals surface area contributed by atoms with Crippen molar-refractivity contribution in [3.8, 4) is 0 Å². The van der Waals surface area contributed by atoms with Crippen LogP contribution < -0.4 is 10.2 Å². The van der Waals surface area contributed by atoms with Gasteiger partial charge in [0.25, 0.3) is 5.91 Å². The first-order valence-corrected chi connectivity index (χ1v) is 10.4. The lowest BCUT2D eigenvalue weighted by atomic mass is 10.2. The largest absolute Gasteiger partial charge is 0.369 e. The average molecular weight is 372 g/mol. The second-order valence-electron chi connectivity index (χ2n) is 6.84. The molecule has 0 bridgehead atoms. The maximum atomic E-state index is 12.3. The number of para-hydroxylation sites is 1. The first kappa shape index (κ1) is 18.9. The van der Waals surface area contributed by atoms with Crippen molar-refractivity contribution in [1.29, 1.82) is 0 Å². The first-order chi connectivity index (χ1) is 12.7. The number of carbonyl (C=O) groups excluding carboxylic acids is 1. The number of carbonyl (C=O) groups is 1. The van der Waals surface area contributed by atoms with E-state index in [4.69, 9.17) is 0 Å². The molecule has 1 fully saturated rings. The van der Waals surface area contributed by atoms with Crippen molar-refractivity contribution in [1.82, 2.24) is 10.2 Å². The van der Waals surface area contributed by atoms with Gasteiger partial charge in [-0.25, -0.2) is 0 Å². The third kappa shape index (κ3) is 4.86. The highest BCUT2D eigenvalue weighted by Gasteiger charge is 2.17. The van der Waals surface area contributed by atoms with Gasteiger partial charge in [0.05, 0.1) is 4.88 Å². The van der Waals surface area contributed by atoms with Crippen LogP contribution in [-0.4, -0.2) is 50.1 Å². The molecule has 0 unspecified atom stereocenters. The number of nitrogens with zero attached hydrogens (tertiary/aromatic N) is 2. The van der Waals surface area contributed by atoms with Crippen LogP contribution in [0.1, 0.15) is 33.5 Å². The summed E-state index contributed by atoms with van der Waals surface area (Å²) in [4.78, 5) is 19.4. The van der Waals surface area contributed by atoms with E-state index in [0.29, 0.717) is 0 Å². The van der Waals surface area contributed by atoms with Crippen LogP contribution in [0.2, 0.25) is 0 Å². The summed E-state index contributed by atoms with van der Waals surface area (Å²) < 4.78 is 0. The average Bonchev–Trinajstić information content (AvgIpc) is 3.07. The molecular weight excluding hydrogens is 342 g/mol. The van der Waals surface area contributed by atoms with Crippen molar-refractivity contribution in [3.05, 3.63) is 51.7 Å². The molecule has 2 heterocycles. The summed E-state index contributed by atoms with van der Waals surface area (Å²) >= 11 is 1.62. The van der Waals surface area contributed by atoms with Crippen molar-refractivity contribution >= 4 is 22.9 Å². The molecule has 0 saturated carbocycles. The van der Waals surface area contributed by atoms with E-state index in [0.717, 1.165) is 57.0 Å². The molecule has 0 aliphatic carbocycles. The number of hydrogen-bond acceptors (Lipinski definition) is 4. The zero-order valence-electron chi connectivity index (χ0n) is 15.8. The predicted octanol–water partition coefficient (Wildman–Crippen LogP) is 3.56. The molecule has 1 amide bonds.